The van der Waals surface area contributed by atoms with Crippen LogP contribution in [-0.2, 0) is 10.0 Å². The molecule has 0 saturated carbocycles. The Labute approximate surface area is 136 Å². The van der Waals surface area contributed by atoms with E-state index in [0.29, 0.717) is 38.7 Å². The van der Waals surface area contributed by atoms with E-state index < -0.39 is 10.0 Å². The smallest absolute Gasteiger partial charge is 0.227 e. The number of hydrogen-bond donors (Lipinski definition) is 1. The third kappa shape index (κ3) is 3.56. The number of β-amino-alcohol motifs (C(OH)–C–C–N with tert-alkyl or cyclic N) is 1. The van der Waals surface area contributed by atoms with E-state index in [9.17, 15) is 13.5 Å². The number of hydrogen-bond acceptors (Lipinski definition) is 7. The highest BCUT2D eigenvalue weighted by Gasteiger charge is 2.27. The molecule has 2 fully saturated rings. The summed E-state index contributed by atoms with van der Waals surface area (Å²) in [5, 5.41) is 9.65. The van der Waals surface area contributed by atoms with Gasteiger partial charge in [-0.25, -0.2) is 13.4 Å². The minimum absolute atomic E-state index is 0.135. The topological polar surface area (TPSA) is 89.9 Å². The largest absolute Gasteiger partial charge is 0.391 e. The van der Waals surface area contributed by atoms with Gasteiger partial charge in [0.1, 0.15) is 5.82 Å². The Kier molecular flexibility index (Phi) is 4.69. The van der Waals surface area contributed by atoms with Crippen LogP contribution in [0.2, 0.25) is 0 Å². The van der Waals surface area contributed by atoms with Crippen LogP contribution in [0.4, 0.5) is 11.8 Å². The van der Waals surface area contributed by atoms with Crippen molar-refractivity contribution >= 4 is 21.8 Å². The number of anilines is 2. The number of aromatic nitrogens is 2. The molecule has 1 aromatic heterocycles. The van der Waals surface area contributed by atoms with Crippen molar-refractivity contribution in [3.8, 4) is 0 Å². The van der Waals surface area contributed by atoms with E-state index in [0.717, 1.165) is 18.8 Å². The van der Waals surface area contributed by atoms with Gasteiger partial charge in [-0.3, -0.25) is 0 Å². The van der Waals surface area contributed by atoms with E-state index in [-0.39, 0.29) is 11.9 Å². The summed E-state index contributed by atoms with van der Waals surface area (Å²) < 4.78 is 25.3. The molecule has 0 aliphatic carbocycles. The maximum atomic E-state index is 11.9. The summed E-state index contributed by atoms with van der Waals surface area (Å²) in [6.07, 6.45) is 2.18. The number of aliphatic hydroxyl groups is 1. The van der Waals surface area contributed by atoms with Crippen molar-refractivity contribution in [1.82, 2.24) is 14.3 Å². The van der Waals surface area contributed by atoms with Gasteiger partial charge in [-0.05, 0) is 19.4 Å². The minimum Gasteiger partial charge on any atom is -0.391 e. The van der Waals surface area contributed by atoms with Gasteiger partial charge in [-0.1, -0.05) is 0 Å². The zero-order chi connectivity index (χ0) is 16.4. The number of aliphatic hydroxyl groups excluding tert-OH is 1. The highest BCUT2D eigenvalue weighted by atomic mass is 32.2. The second-order valence-corrected chi connectivity index (χ2v) is 8.15. The Morgan fingerprint density at radius 2 is 1.96 bits per heavy atom. The summed E-state index contributed by atoms with van der Waals surface area (Å²) in [6, 6.07) is 1.85. The first kappa shape index (κ1) is 16.4. The number of sulfonamides is 1. The van der Waals surface area contributed by atoms with Gasteiger partial charge in [0, 0.05) is 45.5 Å². The predicted molar refractivity (Wildman–Crippen MR) is 88.1 cm³/mol. The van der Waals surface area contributed by atoms with Crippen molar-refractivity contribution < 1.29 is 13.5 Å². The molecule has 1 N–H and O–H groups in total. The van der Waals surface area contributed by atoms with Crippen LogP contribution in [0.15, 0.2) is 12.3 Å². The second-order valence-electron chi connectivity index (χ2n) is 5.89. The van der Waals surface area contributed by atoms with Crippen LogP contribution in [0, 0.1) is 0 Å². The highest BCUT2D eigenvalue weighted by molar-refractivity contribution is 7.89. The zero-order valence-electron chi connectivity index (χ0n) is 13.3. The summed E-state index contributed by atoms with van der Waals surface area (Å²) in [7, 11) is -3.12. The molecular weight excluding hydrogens is 318 g/mol. The lowest BCUT2D eigenvalue weighted by molar-refractivity contribution is 0.198. The molecule has 0 bridgehead atoms. The van der Waals surface area contributed by atoms with E-state index in [2.05, 4.69) is 9.97 Å². The van der Waals surface area contributed by atoms with Gasteiger partial charge >= 0.3 is 0 Å². The van der Waals surface area contributed by atoms with Crippen LogP contribution in [0.25, 0.3) is 0 Å². The fourth-order valence-corrected chi connectivity index (χ4v) is 4.05. The normalized spacial score (nSPS) is 23.5. The minimum atomic E-state index is -3.12. The molecule has 9 heteroatoms. The molecule has 0 amide bonds. The van der Waals surface area contributed by atoms with Crippen molar-refractivity contribution in [2.24, 2.45) is 0 Å². The van der Waals surface area contributed by atoms with Crippen LogP contribution in [0.1, 0.15) is 13.3 Å². The Hall–Kier alpha value is -1.45. The molecule has 0 unspecified atom stereocenters. The van der Waals surface area contributed by atoms with E-state index >= 15 is 0 Å². The lowest BCUT2D eigenvalue weighted by Gasteiger charge is -2.34. The molecule has 0 radical (unpaired) electrons. The van der Waals surface area contributed by atoms with Crippen LogP contribution >= 0.6 is 0 Å². The molecule has 128 valence electrons. The van der Waals surface area contributed by atoms with Gasteiger partial charge in [0.15, 0.2) is 0 Å². The molecule has 2 aliphatic heterocycles. The highest BCUT2D eigenvalue weighted by Crippen LogP contribution is 2.21. The Bertz CT molecular complexity index is 646. The van der Waals surface area contributed by atoms with Gasteiger partial charge in [0.2, 0.25) is 16.0 Å². The quantitative estimate of drug-likeness (QED) is 0.791. The summed E-state index contributed by atoms with van der Waals surface area (Å²) >= 11 is 0. The van der Waals surface area contributed by atoms with Gasteiger partial charge in [-0.2, -0.15) is 9.29 Å². The van der Waals surface area contributed by atoms with E-state index in [1.165, 1.54) is 4.31 Å². The SMILES string of the molecule is CCS(=O)(=O)N1CCN(c2nccc(N3CC[C@H](O)C3)n2)CC1. The van der Waals surface area contributed by atoms with Crippen LogP contribution in [0.3, 0.4) is 0 Å². The molecule has 3 rings (SSSR count). The van der Waals surface area contributed by atoms with E-state index in [1.54, 1.807) is 13.1 Å². The molecule has 0 spiro atoms. The van der Waals surface area contributed by atoms with Crippen molar-refractivity contribution in [3.05, 3.63) is 12.3 Å². The van der Waals surface area contributed by atoms with Gasteiger partial charge in [0.25, 0.3) is 0 Å². The number of nitrogens with zero attached hydrogens (tertiary/aromatic N) is 5. The molecule has 8 nitrogen and oxygen atoms in total. The fraction of sp³-hybridized carbons (Fsp3) is 0.714. The zero-order valence-corrected chi connectivity index (χ0v) is 14.1. The first-order valence-corrected chi connectivity index (χ1v) is 9.59. The van der Waals surface area contributed by atoms with Crippen molar-refractivity contribution in [2.75, 3.05) is 54.8 Å². The summed E-state index contributed by atoms with van der Waals surface area (Å²) in [5.41, 5.74) is 0. The number of rotatable bonds is 4. The van der Waals surface area contributed by atoms with E-state index in [1.807, 2.05) is 15.9 Å². The van der Waals surface area contributed by atoms with Crippen molar-refractivity contribution in [2.45, 2.75) is 19.4 Å². The molecule has 0 aromatic carbocycles. The summed E-state index contributed by atoms with van der Waals surface area (Å²) in [5.74, 6) is 1.57. The molecule has 2 saturated heterocycles. The Morgan fingerprint density at radius 3 is 2.57 bits per heavy atom. The van der Waals surface area contributed by atoms with Gasteiger partial charge < -0.3 is 14.9 Å². The van der Waals surface area contributed by atoms with Crippen LogP contribution in [0.5, 0.6) is 0 Å². The monoisotopic (exact) mass is 341 g/mol. The van der Waals surface area contributed by atoms with Crippen LogP contribution < -0.4 is 9.80 Å². The second kappa shape index (κ2) is 6.58. The number of piperazine rings is 1. The van der Waals surface area contributed by atoms with E-state index in [4.69, 9.17) is 0 Å². The standard InChI is InChI=1S/C14H23N5O3S/c1-2-23(21,22)19-9-7-17(8-10-19)14-15-5-3-13(16-14)18-6-4-12(20)11-18/h3,5,12,20H,2,4,6-11H2,1H3/t12-/m0/s1. The van der Waals surface area contributed by atoms with Crippen LogP contribution in [-0.4, -0.2) is 78.9 Å². The van der Waals surface area contributed by atoms with Gasteiger partial charge in [0.05, 0.1) is 11.9 Å². The van der Waals surface area contributed by atoms with Crippen molar-refractivity contribution in [1.29, 1.82) is 0 Å². The Balaban J connectivity index is 1.67. The maximum absolute atomic E-state index is 11.9. The lowest BCUT2D eigenvalue weighted by Crippen LogP contribution is -2.49. The first-order chi connectivity index (χ1) is 11.0. The average molecular weight is 341 g/mol. The molecule has 1 aromatic rings. The fourth-order valence-electron chi connectivity index (χ4n) is 2.97. The molecule has 1 atom stereocenters. The Morgan fingerprint density at radius 1 is 1.22 bits per heavy atom. The van der Waals surface area contributed by atoms with Crippen molar-refractivity contribution in [3.63, 3.8) is 0 Å². The molecule has 3 heterocycles. The summed E-state index contributed by atoms with van der Waals surface area (Å²) in [4.78, 5) is 13.0. The summed E-state index contributed by atoms with van der Waals surface area (Å²) in [6.45, 7) is 5.16. The average Bonchev–Trinajstić information content (AvgIpc) is 3.02. The molecule has 23 heavy (non-hydrogen) atoms. The lowest BCUT2D eigenvalue weighted by atomic mass is 10.3. The first-order valence-electron chi connectivity index (χ1n) is 7.98. The third-order valence-corrected chi connectivity index (χ3v) is 6.28. The molecule has 2 aliphatic rings. The maximum Gasteiger partial charge on any atom is 0.227 e. The third-order valence-electron chi connectivity index (χ3n) is 4.40. The predicted octanol–water partition coefficient (Wildman–Crippen LogP) is -0.481. The van der Waals surface area contributed by atoms with Gasteiger partial charge in [-0.15, -0.1) is 0 Å². The molecular formula is C14H23N5O3S.